The summed E-state index contributed by atoms with van der Waals surface area (Å²) in [5, 5.41) is 6.06. The molecule has 2 amide bonds. The largest absolute Gasteiger partial charge is 0.329 e. The molecule has 0 fully saturated rings. The number of nitrogens with zero attached hydrogens (tertiary/aromatic N) is 1. The number of nitrogens with one attached hydrogen (secondary N) is 2. The summed E-state index contributed by atoms with van der Waals surface area (Å²) in [6.07, 6.45) is 1.14. The van der Waals surface area contributed by atoms with Crippen LogP contribution in [-0.2, 0) is 9.59 Å². The molecule has 0 aliphatic heterocycles. The van der Waals surface area contributed by atoms with E-state index in [1.165, 1.54) is 12.1 Å². The summed E-state index contributed by atoms with van der Waals surface area (Å²) in [7, 11) is 0. The van der Waals surface area contributed by atoms with Crippen LogP contribution in [0.15, 0.2) is 47.6 Å². The van der Waals surface area contributed by atoms with Crippen LogP contribution in [0.1, 0.15) is 16.7 Å². The van der Waals surface area contributed by atoms with Crippen LogP contribution >= 0.6 is 0 Å². The summed E-state index contributed by atoms with van der Waals surface area (Å²) in [6.45, 7) is 3.78. The summed E-state index contributed by atoms with van der Waals surface area (Å²) in [5.41, 5.74) is 4.74. The van der Waals surface area contributed by atoms with E-state index in [1.807, 2.05) is 19.9 Å². The fourth-order valence-corrected chi connectivity index (χ4v) is 2.03. The van der Waals surface area contributed by atoms with Crippen LogP contribution in [0.2, 0.25) is 0 Å². The van der Waals surface area contributed by atoms with Gasteiger partial charge in [-0.25, -0.2) is 9.82 Å². The maximum atomic E-state index is 13.4. The van der Waals surface area contributed by atoms with E-state index in [0.717, 1.165) is 17.3 Å². The molecule has 0 heterocycles. The molecule has 0 unspecified atom stereocenters. The zero-order chi connectivity index (χ0) is 16.8. The lowest BCUT2D eigenvalue weighted by atomic mass is 10.1. The topological polar surface area (TPSA) is 70.6 Å². The maximum Gasteiger partial charge on any atom is 0.329 e. The van der Waals surface area contributed by atoms with Gasteiger partial charge in [0.1, 0.15) is 5.82 Å². The molecule has 2 N–H and O–H groups in total. The zero-order valence-corrected chi connectivity index (χ0v) is 12.8. The highest BCUT2D eigenvalue weighted by Crippen LogP contribution is 2.13. The number of halogens is 1. The van der Waals surface area contributed by atoms with Gasteiger partial charge in [-0.05, 0) is 43.2 Å². The van der Waals surface area contributed by atoms with Crippen LogP contribution in [0.25, 0.3) is 0 Å². The zero-order valence-electron chi connectivity index (χ0n) is 12.8. The average Bonchev–Trinajstić information content (AvgIpc) is 2.48. The fraction of sp³-hybridized carbons (Fsp3) is 0.118. The van der Waals surface area contributed by atoms with E-state index in [1.54, 1.807) is 24.3 Å². The van der Waals surface area contributed by atoms with Crippen LogP contribution < -0.4 is 10.7 Å². The Kier molecular flexibility index (Phi) is 5.19. The molecule has 23 heavy (non-hydrogen) atoms. The molecule has 5 nitrogen and oxygen atoms in total. The second-order valence-electron chi connectivity index (χ2n) is 5.05. The van der Waals surface area contributed by atoms with Crippen LogP contribution in [0.5, 0.6) is 0 Å². The highest BCUT2D eigenvalue weighted by Gasteiger charge is 2.13. The van der Waals surface area contributed by atoms with Crippen molar-refractivity contribution in [2.45, 2.75) is 13.8 Å². The first-order valence-electron chi connectivity index (χ1n) is 6.93. The molecule has 0 spiro atoms. The summed E-state index contributed by atoms with van der Waals surface area (Å²) in [5.74, 6) is -2.25. The van der Waals surface area contributed by atoms with E-state index in [0.29, 0.717) is 5.69 Å². The number of anilines is 1. The first-order chi connectivity index (χ1) is 11.0. The van der Waals surface area contributed by atoms with Crippen molar-refractivity contribution in [1.29, 1.82) is 0 Å². The van der Waals surface area contributed by atoms with E-state index in [9.17, 15) is 14.0 Å². The second kappa shape index (κ2) is 7.31. The molecule has 2 aromatic carbocycles. The van der Waals surface area contributed by atoms with Gasteiger partial charge >= 0.3 is 11.8 Å². The molecule has 0 saturated carbocycles. The number of hydrazone groups is 1. The third-order valence-corrected chi connectivity index (χ3v) is 2.96. The Hall–Kier alpha value is -3.02. The Morgan fingerprint density at radius 3 is 2.35 bits per heavy atom. The van der Waals surface area contributed by atoms with Crippen LogP contribution in [0.4, 0.5) is 10.1 Å². The Morgan fingerprint density at radius 1 is 1.04 bits per heavy atom. The van der Waals surface area contributed by atoms with Crippen molar-refractivity contribution in [3.63, 3.8) is 0 Å². The Labute approximate surface area is 133 Å². The lowest BCUT2D eigenvalue weighted by molar-refractivity contribution is -0.136. The quantitative estimate of drug-likeness (QED) is 0.519. The minimum Gasteiger partial charge on any atom is -0.318 e. The number of hydrogen-bond acceptors (Lipinski definition) is 3. The molecule has 0 aliphatic rings. The third kappa shape index (κ3) is 4.74. The van der Waals surface area contributed by atoms with Crippen molar-refractivity contribution < 1.29 is 14.0 Å². The number of benzene rings is 2. The highest BCUT2D eigenvalue weighted by molar-refractivity contribution is 6.39. The second-order valence-corrected chi connectivity index (χ2v) is 5.05. The van der Waals surface area contributed by atoms with Gasteiger partial charge in [0.2, 0.25) is 0 Å². The Bertz CT molecular complexity index is 752. The van der Waals surface area contributed by atoms with Gasteiger partial charge in [-0.1, -0.05) is 24.3 Å². The minimum atomic E-state index is -0.934. The fourth-order valence-electron chi connectivity index (χ4n) is 2.03. The van der Waals surface area contributed by atoms with E-state index >= 15 is 0 Å². The maximum absolute atomic E-state index is 13.4. The number of rotatable bonds is 3. The van der Waals surface area contributed by atoms with Gasteiger partial charge in [-0.15, -0.1) is 0 Å². The number of aryl methyl sites for hydroxylation is 2. The monoisotopic (exact) mass is 313 g/mol. The van der Waals surface area contributed by atoms with Gasteiger partial charge < -0.3 is 5.32 Å². The van der Waals surface area contributed by atoms with Gasteiger partial charge in [-0.2, -0.15) is 5.10 Å². The standard InChI is InChI=1S/C17H16FN3O2/c1-11-7-12(2)9-14(8-11)20-16(22)17(23)21-19-10-13-5-3-4-6-15(13)18/h3-10H,1-2H3,(H,20,22)(H,21,23). The van der Waals surface area contributed by atoms with E-state index < -0.39 is 17.6 Å². The van der Waals surface area contributed by atoms with Gasteiger partial charge in [0.15, 0.2) is 0 Å². The Balaban J connectivity index is 1.95. The first kappa shape index (κ1) is 16.4. The van der Waals surface area contributed by atoms with E-state index in [2.05, 4.69) is 15.8 Å². The van der Waals surface area contributed by atoms with Crippen LogP contribution in [0.3, 0.4) is 0 Å². The van der Waals surface area contributed by atoms with Crippen molar-refractivity contribution in [2.75, 3.05) is 5.32 Å². The molecule has 0 bridgehead atoms. The van der Waals surface area contributed by atoms with Crippen molar-refractivity contribution in [2.24, 2.45) is 5.10 Å². The van der Waals surface area contributed by atoms with Crippen LogP contribution in [-0.4, -0.2) is 18.0 Å². The molecular weight excluding hydrogens is 297 g/mol. The SMILES string of the molecule is Cc1cc(C)cc(NC(=O)C(=O)NN=Cc2ccccc2F)c1. The number of carbonyl (C=O) groups is 2. The first-order valence-corrected chi connectivity index (χ1v) is 6.93. The summed E-state index contributed by atoms with van der Waals surface area (Å²) < 4.78 is 13.4. The van der Waals surface area contributed by atoms with Crippen molar-refractivity contribution in [3.05, 3.63) is 65.0 Å². The lowest BCUT2D eigenvalue weighted by Crippen LogP contribution is -2.32. The van der Waals surface area contributed by atoms with Gasteiger partial charge in [0, 0.05) is 11.3 Å². The number of amides is 2. The molecule has 0 atom stereocenters. The number of carbonyl (C=O) groups excluding carboxylic acids is 2. The predicted octanol–water partition coefficient (Wildman–Crippen LogP) is 2.53. The van der Waals surface area contributed by atoms with Crippen molar-refractivity contribution >= 4 is 23.7 Å². The molecule has 118 valence electrons. The van der Waals surface area contributed by atoms with Crippen molar-refractivity contribution in [1.82, 2.24) is 5.43 Å². The molecule has 6 heteroatoms. The summed E-state index contributed by atoms with van der Waals surface area (Å²) in [4.78, 5) is 23.4. The normalized spacial score (nSPS) is 10.6. The van der Waals surface area contributed by atoms with E-state index in [4.69, 9.17) is 0 Å². The summed E-state index contributed by atoms with van der Waals surface area (Å²) in [6, 6.07) is 11.4. The Morgan fingerprint density at radius 2 is 1.70 bits per heavy atom. The van der Waals surface area contributed by atoms with Crippen LogP contribution in [0, 0.1) is 19.7 Å². The summed E-state index contributed by atoms with van der Waals surface area (Å²) >= 11 is 0. The van der Waals surface area contributed by atoms with Gasteiger partial charge in [0.25, 0.3) is 0 Å². The predicted molar refractivity (Wildman–Crippen MR) is 86.7 cm³/mol. The minimum absolute atomic E-state index is 0.211. The van der Waals surface area contributed by atoms with Gasteiger partial charge in [-0.3, -0.25) is 9.59 Å². The highest BCUT2D eigenvalue weighted by atomic mass is 19.1. The third-order valence-electron chi connectivity index (χ3n) is 2.96. The van der Waals surface area contributed by atoms with E-state index in [-0.39, 0.29) is 5.56 Å². The van der Waals surface area contributed by atoms with Gasteiger partial charge in [0.05, 0.1) is 6.21 Å². The lowest BCUT2D eigenvalue weighted by Gasteiger charge is -2.06. The molecule has 2 aromatic rings. The molecule has 0 aliphatic carbocycles. The smallest absolute Gasteiger partial charge is 0.318 e. The van der Waals surface area contributed by atoms with Crippen molar-refractivity contribution in [3.8, 4) is 0 Å². The average molecular weight is 313 g/mol. The molecule has 2 rings (SSSR count). The number of hydrogen-bond donors (Lipinski definition) is 2. The molecule has 0 radical (unpaired) electrons. The molecular formula is C17H16FN3O2. The molecule has 0 aromatic heterocycles. The molecule has 0 saturated heterocycles.